The molecular formula is C21H21BrN6S2. The van der Waals surface area contributed by atoms with Gasteiger partial charge in [0.05, 0.1) is 5.04 Å². The van der Waals surface area contributed by atoms with Crippen LogP contribution in [0.15, 0.2) is 57.0 Å². The highest BCUT2D eigenvalue weighted by atomic mass is 79.9. The maximum absolute atomic E-state index is 4.79. The van der Waals surface area contributed by atoms with Crippen LogP contribution in [-0.2, 0) is 0 Å². The lowest BCUT2D eigenvalue weighted by Crippen LogP contribution is -2.32. The molecule has 0 amide bonds. The van der Waals surface area contributed by atoms with E-state index in [2.05, 4.69) is 75.6 Å². The Labute approximate surface area is 192 Å². The Bertz CT molecular complexity index is 1140. The van der Waals surface area contributed by atoms with Gasteiger partial charge in [-0.15, -0.1) is 10.2 Å². The lowest BCUT2D eigenvalue weighted by molar-refractivity contribution is 0.438. The van der Waals surface area contributed by atoms with Crippen LogP contribution in [0.3, 0.4) is 0 Å². The highest BCUT2D eigenvalue weighted by Crippen LogP contribution is 2.40. The first kappa shape index (κ1) is 21.0. The SMILES string of the molecule is CC1=NN(/C(=N/c2nnc(C)s2)Nc2ccc(C)c(C)c2)C(c2cccc(Br)c2)S1. The van der Waals surface area contributed by atoms with Crippen LogP contribution in [0.4, 0.5) is 10.8 Å². The van der Waals surface area contributed by atoms with Crippen LogP contribution in [0.25, 0.3) is 0 Å². The van der Waals surface area contributed by atoms with Gasteiger partial charge in [0, 0.05) is 10.2 Å². The van der Waals surface area contributed by atoms with Gasteiger partial charge in [0.1, 0.15) is 10.4 Å². The molecule has 1 unspecified atom stereocenters. The molecule has 0 aliphatic carbocycles. The zero-order valence-electron chi connectivity index (χ0n) is 17.0. The van der Waals surface area contributed by atoms with Gasteiger partial charge in [-0.2, -0.15) is 10.1 Å². The number of anilines is 1. The van der Waals surface area contributed by atoms with Crippen LogP contribution in [0.5, 0.6) is 0 Å². The van der Waals surface area contributed by atoms with E-state index in [0.717, 1.165) is 25.8 Å². The van der Waals surface area contributed by atoms with Crippen LogP contribution >= 0.6 is 39.0 Å². The van der Waals surface area contributed by atoms with Gasteiger partial charge in [0.25, 0.3) is 0 Å². The second-order valence-corrected chi connectivity index (χ2v) is 10.3. The summed E-state index contributed by atoms with van der Waals surface area (Å²) in [6, 6.07) is 14.5. The number of guanidine groups is 1. The minimum atomic E-state index is -0.0330. The van der Waals surface area contributed by atoms with Crippen LogP contribution in [0.2, 0.25) is 0 Å². The molecule has 30 heavy (non-hydrogen) atoms. The third kappa shape index (κ3) is 4.74. The summed E-state index contributed by atoms with van der Waals surface area (Å²) in [6.45, 7) is 8.14. The molecule has 1 N–H and O–H groups in total. The number of halogens is 1. The van der Waals surface area contributed by atoms with Crippen molar-refractivity contribution in [3.8, 4) is 0 Å². The summed E-state index contributed by atoms with van der Waals surface area (Å²) < 4.78 is 1.03. The maximum atomic E-state index is 4.79. The van der Waals surface area contributed by atoms with Crippen molar-refractivity contribution < 1.29 is 0 Å². The number of rotatable bonds is 3. The molecule has 1 aromatic heterocycles. The first-order valence-electron chi connectivity index (χ1n) is 9.38. The Morgan fingerprint density at radius 2 is 1.90 bits per heavy atom. The Morgan fingerprint density at radius 3 is 2.60 bits per heavy atom. The van der Waals surface area contributed by atoms with Crippen molar-refractivity contribution in [2.45, 2.75) is 33.1 Å². The van der Waals surface area contributed by atoms with Gasteiger partial charge in [0.2, 0.25) is 11.1 Å². The fourth-order valence-electron chi connectivity index (χ4n) is 2.97. The summed E-state index contributed by atoms with van der Waals surface area (Å²) in [6.07, 6.45) is 0. The van der Waals surface area contributed by atoms with Crippen LogP contribution in [0, 0.1) is 20.8 Å². The van der Waals surface area contributed by atoms with Gasteiger partial charge in [-0.05, 0) is 68.7 Å². The predicted octanol–water partition coefficient (Wildman–Crippen LogP) is 6.41. The lowest BCUT2D eigenvalue weighted by Gasteiger charge is -2.25. The van der Waals surface area contributed by atoms with Gasteiger partial charge in [0.15, 0.2) is 0 Å². The fraction of sp³-hybridized carbons (Fsp3) is 0.238. The Kier molecular flexibility index (Phi) is 6.21. The molecule has 4 rings (SSSR count). The molecule has 0 saturated heterocycles. The lowest BCUT2D eigenvalue weighted by atomic mass is 10.1. The van der Waals surface area contributed by atoms with Gasteiger partial charge in [-0.25, -0.2) is 5.01 Å². The van der Waals surface area contributed by atoms with E-state index >= 15 is 0 Å². The number of aromatic nitrogens is 2. The van der Waals surface area contributed by atoms with Crippen LogP contribution < -0.4 is 5.32 Å². The van der Waals surface area contributed by atoms with Crippen molar-refractivity contribution in [2.24, 2.45) is 10.1 Å². The highest BCUT2D eigenvalue weighted by Gasteiger charge is 2.31. The molecule has 0 spiro atoms. The van der Waals surface area contributed by atoms with E-state index < -0.39 is 0 Å². The summed E-state index contributed by atoms with van der Waals surface area (Å²) >= 11 is 6.73. The number of hydrogen-bond donors (Lipinski definition) is 1. The molecule has 0 radical (unpaired) electrons. The zero-order chi connectivity index (χ0) is 21.3. The minimum absolute atomic E-state index is 0.0330. The zero-order valence-corrected chi connectivity index (χ0v) is 20.3. The molecule has 1 atom stereocenters. The smallest absolute Gasteiger partial charge is 0.234 e. The third-order valence-electron chi connectivity index (χ3n) is 4.58. The number of benzene rings is 2. The summed E-state index contributed by atoms with van der Waals surface area (Å²) in [7, 11) is 0. The predicted molar refractivity (Wildman–Crippen MR) is 131 cm³/mol. The molecule has 0 saturated carbocycles. The number of aliphatic imine (C=N–C) groups is 1. The van der Waals surface area contributed by atoms with Crippen molar-refractivity contribution in [1.29, 1.82) is 0 Å². The molecule has 9 heteroatoms. The van der Waals surface area contributed by atoms with Gasteiger partial charge >= 0.3 is 0 Å². The van der Waals surface area contributed by atoms with E-state index in [9.17, 15) is 0 Å². The topological polar surface area (TPSA) is 65.8 Å². The van der Waals surface area contributed by atoms with Crippen LogP contribution in [0.1, 0.15) is 34.0 Å². The average molecular weight is 501 g/mol. The summed E-state index contributed by atoms with van der Waals surface area (Å²) in [5, 5.41) is 20.9. The molecule has 154 valence electrons. The Balaban J connectivity index is 1.75. The molecule has 0 bridgehead atoms. The molecule has 2 aromatic carbocycles. The van der Waals surface area contributed by atoms with Crippen molar-refractivity contribution in [3.05, 3.63) is 68.6 Å². The normalized spacial score (nSPS) is 16.7. The molecule has 6 nitrogen and oxygen atoms in total. The van der Waals surface area contributed by atoms with E-state index in [-0.39, 0.29) is 5.37 Å². The van der Waals surface area contributed by atoms with Crippen molar-refractivity contribution in [3.63, 3.8) is 0 Å². The number of nitrogens with zero attached hydrogens (tertiary/aromatic N) is 5. The largest absolute Gasteiger partial charge is 0.324 e. The summed E-state index contributed by atoms with van der Waals surface area (Å²) in [5.41, 5.74) is 4.55. The van der Waals surface area contributed by atoms with Crippen LogP contribution in [-0.4, -0.2) is 26.2 Å². The van der Waals surface area contributed by atoms with E-state index in [1.54, 1.807) is 11.8 Å². The molecule has 1 aliphatic rings. The Morgan fingerprint density at radius 1 is 1.07 bits per heavy atom. The molecule has 2 heterocycles. The van der Waals surface area contributed by atoms with Gasteiger partial charge in [-0.3, -0.25) is 0 Å². The molecule has 0 fully saturated rings. The fourth-order valence-corrected chi connectivity index (χ4v) is 4.94. The number of nitrogens with one attached hydrogen (secondary N) is 1. The van der Waals surface area contributed by atoms with E-state index in [0.29, 0.717) is 11.1 Å². The highest BCUT2D eigenvalue weighted by molar-refractivity contribution is 9.10. The van der Waals surface area contributed by atoms with E-state index in [4.69, 9.17) is 10.1 Å². The summed E-state index contributed by atoms with van der Waals surface area (Å²) in [4.78, 5) is 4.79. The number of thioether (sulfide) groups is 1. The quantitative estimate of drug-likeness (QED) is 0.332. The first-order valence-corrected chi connectivity index (χ1v) is 11.9. The monoisotopic (exact) mass is 500 g/mol. The average Bonchev–Trinajstić information content (AvgIpc) is 3.29. The maximum Gasteiger partial charge on any atom is 0.234 e. The second kappa shape index (κ2) is 8.87. The minimum Gasteiger partial charge on any atom is -0.324 e. The van der Waals surface area contributed by atoms with Crippen molar-refractivity contribution in [2.75, 3.05) is 5.32 Å². The molecular weight excluding hydrogens is 480 g/mol. The number of aryl methyl sites for hydroxylation is 3. The second-order valence-electron chi connectivity index (χ2n) is 6.95. The number of hydrogen-bond acceptors (Lipinski definition) is 6. The molecule has 1 aliphatic heterocycles. The summed E-state index contributed by atoms with van der Waals surface area (Å²) in [5.74, 6) is 0.615. The molecule has 3 aromatic rings. The van der Waals surface area contributed by atoms with Gasteiger partial charge in [-0.1, -0.05) is 57.2 Å². The van der Waals surface area contributed by atoms with Gasteiger partial charge < -0.3 is 5.32 Å². The van der Waals surface area contributed by atoms with E-state index in [1.807, 2.05) is 31.0 Å². The standard InChI is InChI=1S/C21H21BrN6S2/c1-12-8-9-18(10-13(12)2)23-20(24-21-26-25-14(3)30-21)28-19(29-15(4)27-28)16-6-5-7-17(22)11-16/h5-11,19H,1-4H3,(H,23,24,26). The number of hydrazone groups is 1. The van der Waals surface area contributed by atoms with E-state index in [1.165, 1.54) is 22.5 Å². The third-order valence-corrected chi connectivity index (χ3v) is 6.93. The van der Waals surface area contributed by atoms with Crippen molar-refractivity contribution >= 4 is 60.9 Å². The Hall–Kier alpha value is -2.23. The van der Waals surface area contributed by atoms with Crippen molar-refractivity contribution in [1.82, 2.24) is 15.2 Å². The first-order chi connectivity index (χ1) is 14.4.